The van der Waals surface area contributed by atoms with Crippen LogP contribution in [0.25, 0.3) is 11.9 Å². The number of halogens is 3. The van der Waals surface area contributed by atoms with Crippen LogP contribution in [0, 0.1) is 0 Å². The van der Waals surface area contributed by atoms with Gasteiger partial charge in [0.1, 0.15) is 11.4 Å². The monoisotopic (exact) mass is 393 g/mol. The van der Waals surface area contributed by atoms with Gasteiger partial charge in [0.15, 0.2) is 0 Å². The van der Waals surface area contributed by atoms with Gasteiger partial charge in [0, 0.05) is 28.6 Å². The Labute approximate surface area is 143 Å². The molecular weight excluding hydrogens is 384 g/mol. The summed E-state index contributed by atoms with van der Waals surface area (Å²) in [5.41, 5.74) is 0.552. The van der Waals surface area contributed by atoms with Gasteiger partial charge in [-0.1, -0.05) is 15.9 Å². The van der Waals surface area contributed by atoms with E-state index in [1.807, 2.05) is 0 Å². The first-order valence-electron chi connectivity index (χ1n) is 6.79. The second-order valence-electron chi connectivity index (χ2n) is 4.71. The van der Waals surface area contributed by atoms with Crippen molar-refractivity contribution in [3.8, 4) is 5.75 Å². The van der Waals surface area contributed by atoms with Gasteiger partial charge in [0.25, 0.3) is 0 Å². The molecule has 0 fully saturated rings. The Kier molecular flexibility index (Phi) is 4.66. The lowest BCUT2D eigenvalue weighted by molar-refractivity contribution is -0.0499. The molecule has 2 aromatic heterocycles. The minimum absolute atomic E-state index is 0.0195. The van der Waals surface area contributed by atoms with Crippen LogP contribution in [0.3, 0.4) is 0 Å². The van der Waals surface area contributed by atoms with Crippen LogP contribution in [0.5, 0.6) is 5.75 Å². The smallest absolute Gasteiger partial charge is 0.387 e. The highest BCUT2D eigenvalue weighted by molar-refractivity contribution is 9.10. The van der Waals surface area contributed by atoms with Crippen molar-refractivity contribution in [1.82, 2.24) is 14.4 Å². The van der Waals surface area contributed by atoms with Crippen molar-refractivity contribution < 1.29 is 18.3 Å². The zero-order chi connectivity index (χ0) is 17.1. The molecule has 0 aliphatic carbocycles. The minimum atomic E-state index is -2.95. The van der Waals surface area contributed by atoms with Crippen molar-refractivity contribution in [2.24, 2.45) is 0 Å². The summed E-state index contributed by atoms with van der Waals surface area (Å²) in [7, 11) is 0. The molecule has 3 rings (SSSR count). The number of hydrogen-bond acceptors (Lipinski definition) is 4. The molecule has 0 aliphatic heterocycles. The standard InChI is InChI=1S/C16H10BrF2N3O2/c17-11-3-5-14(24-15(18)19)10(8-11)2-4-13(23)12-9-22-7-1-6-20-16(22)21-12/h1-9,15H/b4-2+. The van der Waals surface area contributed by atoms with E-state index >= 15 is 0 Å². The van der Waals surface area contributed by atoms with E-state index in [0.29, 0.717) is 15.8 Å². The maximum Gasteiger partial charge on any atom is 0.387 e. The quantitative estimate of drug-likeness (QED) is 0.485. The molecule has 1 aromatic carbocycles. The highest BCUT2D eigenvalue weighted by Gasteiger charge is 2.11. The van der Waals surface area contributed by atoms with Gasteiger partial charge in [-0.05, 0) is 36.4 Å². The normalized spacial score (nSPS) is 11.5. The molecule has 0 bridgehead atoms. The number of carbonyl (C=O) groups is 1. The van der Waals surface area contributed by atoms with Crippen molar-refractivity contribution >= 4 is 33.6 Å². The molecule has 5 nitrogen and oxygen atoms in total. The van der Waals surface area contributed by atoms with Gasteiger partial charge in [-0.3, -0.25) is 9.20 Å². The fourth-order valence-electron chi connectivity index (χ4n) is 2.05. The Balaban J connectivity index is 1.87. The topological polar surface area (TPSA) is 56.5 Å². The summed E-state index contributed by atoms with van der Waals surface area (Å²) in [6, 6.07) is 6.26. The Hall–Kier alpha value is -2.61. The molecule has 8 heteroatoms. The highest BCUT2D eigenvalue weighted by Crippen LogP contribution is 2.26. The summed E-state index contributed by atoms with van der Waals surface area (Å²) in [5.74, 6) is 0.0100. The van der Waals surface area contributed by atoms with Gasteiger partial charge in [-0.15, -0.1) is 0 Å². The molecule has 0 radical (unpaired) electrons. The van der Waals surface area contributed by atoms with E-state index in [2.05, 4.69) is 30.6 Å². The van der Waals surface area contributed by atoms with E-state index in [1.54, 1.807) is 41.2 Å². The number of ketones is 1. The SMILES string of the molecule is O=C(/C=C/c1cc(Br)ccc1OC(F)F)c1cn2cccnc2n1. The summed E-state index contributed by atoms with van der Waals surface area (Å²) < 4.78 is 31.6. The van der Waals surface area contributed by atoms with Crippen LogP contribution in [-0.4, -0.2) is 26.8 Å². The number of aromatic nitrogens is 3. The largest absolute Gasteiger partial charge is 0.434 e. The molecule has 2 heterocycles. The van der Waals surface area contributed by atoms with Crippen molar-refractivity contribution in [3.63, 3.8) is 0 Å². The molecule has 0 amide bonds. The fourth-order valence-corrected chi connectivity index (χ4v) is 2.43. The zero-order valence-electron chi connectivity index (χ0n) is 12.1. The number of hydrogen-bond donors (Lipinski definition) is 0. The van der Waals surface area contributed by atoms with E-state index in [-0.39, 0.29) is 17.2 Å². The second kappa shape index (κ2) is 6.88. The maximum atomic E-state index is 12.4. The molecule has 122 valence electrons. The van der Waals surface area contributed by atoms with Gasteiger partial charge in [0.05, 0.1) is 0 Å². The van der Waals surface area contributed by atoms with Gasteiger partial charge < -0.3 is 4.74 Å². The number of alkyl halides is 2. The van der Waals surface area contributed by atoms with E-state index < -0.39 is 6.61 Å². The van der Waals surface area contributed by atoms with Gasteiger partial charge >= 0.3 is 6.61 Å². The van der Waals surface area contributed by atoms with Crippen molar-refractivity contribution in [2.45, 2.75) is 6.61 Å². The summed E-state index contributed by atoms with van der Waals surface area (Å²) >= 11 is 3.25. The molecule has 0 saturated heterocycles. The van der Waals surface area contributed by atoms with E-state index in [0.717, 1.165) is 0 Å². The van der Waals surface area contributed by atoms with E-state index in [1.165, 1.54) is 18.2 Å². The van der Waals surface area contributed by atoms with Crippen molar-refractivity contribution in [1.29, 1.82) is 0 Å². The first-order chi connectivity index (χ1) is 11.5. The first-order valence-corrected chi connectivity index (χ1v) is 7.59. The summed E-state index contributed by atoms with van der Waals surface area (Å²) in [4.78, 5) is 20.3. The van der Waals surface area contributed by atoms with E-state index in [4.69, 9.17) is 0 Å². The molecule has 0 N–H and O–H groups in total. The Morgan fingerprint density at radius 1 is 1.38 bits per heavy atom. The average molecular weight is 394 g/mol. The fraction of sp³-hybridized carbons (Fsp3) is 0.0625. The number of imidazole rings is 1. The van der Waals surface area contributed by atoms with Crippen LogP contribution >= 0.6 is 15.9 Å². The molecule has 3 aromatic rings. The van der Waals surface area contributed by atoms with Crippen molar-refractivity contribution in [2.75, 3.05) is 0 Å². The number of nitrogens with zero attached hydrogens (tertiary/aromatic N) is 3. The predicted molar refractivity (Wildman–Crippen MR) is 87.1 cm³/mol. The predicted octanol–water partition coefficient (Wildman–Crippen LogP) is 3.99. The van der Waals surface area contributed by atoms with Crippen molar-refractivity contribution in [3.05, 3.63) is 64.7 Å². The van der Waals surface area contributed by atoms with Gasteiger partial charge in [-0.2, -0.15) is 8.78 Å². The molecule has 0 aliphatic rings. The number of fused-ring (bicyclic) bond motifs is 1. The third kappa shape index (κ3) is 3.65. The lowest BCUT2D eigenvalue weighted by Gasteiger charge is -2.08. The summed E-state index contributed by atoms with van der Waals surface area (Å²) in [6.45, 7) is -2.95. The average Bonchev–Trinajstić information content (AvgIpc) is 2.98. The van der Waals surface area contributed by atoms with Gasteiger partial charge in [-0.25, -0.2) is 9.97 Å². The Morgan fingerprint density at radius 3 is 2.96 bits per heavy atom. The van der Waals surface area contributed by atoms with Crippen LogP contribution in [-0.2, 0) is 0 Å². The van der Waals surface area contributed by atoms with Gasteiger partial charge in [0.2, 0.25) is 11.6 Å². The second-order valence-corrected chi connectivity index (χ2v) is 5.63. The highest BCUT2D eigenvalue weighted by atomic mass is 79.9. The molecule has 0 spiro atoms. The van der Waals surface area contributed by atoms with Crippen LogP contribution in [0.4, 0.5) is 8.78 Å². The summed E-state index contributed by atoms with van der Waals surface area (Å²) in [5, 5.41) is 0. The van der Waals surface area contributed by atoms with Crippen LogP contribution in [0.2, 0.25) is 0 Å². The number of rotatable bonds is 5. The Bertz CT molecular complexity index is 892. The first kappa shape index (κ1) is 16.3. The molecule has 24 heavy (non-hydrogen) atoms. The Morgan fingerprint density at radius 2 is 2.21 bits per heavy atom. The van der Waals surface area contributed by atoms with Crippen LogP contribution < -0.4 is 4.74 Å². The minimum Gasteiger partial charge on any atom is -0.434 e. The zero-order valence-corrected chi connectivity index (χ0v) is 13.7. The number of benzene rings is 1. The van der Waals surface area contributed by atoms with E-state index in [9.17, 15) is 13.6 Å². The number of allylic oxidation sites excluding steroid dienone is 1. The van der Waals surface area contributed by atoms with Crippen LogP contribution in [0.15, 0.2) is 53.4 Å². The molecule has 0 atom stereocenters. The number of ether oxygens (including phenoxy) is 1. The van der Waals surface area contributed by atoms with Crippen LogP contribution in [0.1, 0.15) is 16.1 Å². The summed E-state index contributed by atoms with van der Waals surface area (Å²) in [6.07, 6.45) is 7.50. The molecule has 0 saturated carbocycles. The maximum absolute atomic E-state index is 12.4. The third-order valence-electron chi connectivity index (χ3n) is 3.09. The number of carbonyl (C=O) groups excluding carboxylic acids is 1. The third-order valence-corrected chi connectivity index (χ3v) is 3.58. The molecular formula is C16H10BrF2N3O2. The lowest BCUT2D eigenvalue weighted by atomic mass is 10.1. The lowest BCUT2D eigenvalue weighted by Crippen LogP contribution is -2.03. The molecule has 0 unspecified atom stereocenters.